The van der Waals surface area contributed by atoms with Crippen molar-refractivity contribution in [3.05, 3.63) is 47.9 Å². The Labute approximate surface area is 123 Å². The number of hydrogen-bond acceptors (Lipinski definition) is 4. The smallest absolute Gasteiger partial charge is 0.259 e. The van der Waals surface area contributed by atoms with Gasteiger partial charge < -0.3 is 10.3 Å². The van der Waals surface area contributed by atoms with Gasteiger partial charge in [-0.15, -0.1) is 0 Å². The van der Waals surface area contributed by atoms with Gasteiger partial charge >= 0.3 is 0 Å². The van der Waals surface area contributed by atoms with Crippen molar-refractivity contribution in [2.45, 2.75) is 25.0 Å². The first kappa shape index (κ1) is 15.2. The quantitative estimate of drug-likeness (QED) is 0.537. The zero-order valence-electron chi connectivity index (χ0n) is 11.6. The highest BCUT2D eigenvalue weighted by Gasteiger charge is 2.16. The van der Waals surface area contributed by atoms with Gasteiger partial charge in [0.05, 0.1) is 6.33 Å². The molecule has 0 amide bonds. The minimum absolute atomic E-state index is 0.00436. The topological polar surface area (TPSA) is 114 Å². The van der Waals surface area contributed by atoms with E-state index in [1.165, 1.54) is 12.5 Å². The average Bonchev–Trinajstić information content (AvgIpc) is 2.95. The minimum Gasteiger partial charge on any atom is -0.384 e. The molecule has 0 unspecified atom stereocenters. The number of nitrogens with one attached hydrogen (secondary N) is 2. The summed E-state index contributed by atoms with van der Waals surface area (Å²) < 4.78 is 28.3. The summed E-state index contributed by atoms with van der Waals surface area (Å²) in [4.78, 5) is 3.88. The second kappa shape index (κ2) is 6.06. The largest absolute Gasteiger partial charge is 0.384 e. The summed E-state index contributed by atoms with van der Waals surface area (Å²) in [6.45, 7) is 2.72. The summed E-state index contributed by atoms with van der Waals surface area (Å²) in [6.07, 6.45) is 2.97. The third-order valence-corrected chi connectivity index (χ3v) is 4.27. The van der Waals surface area contributed by atoms with Gasteiger partial charge in [-0.3, -0.25) is 5.41 Å². The number of aryl methyl sites for hydroxylation is 1. The lowest BCUT2D eigenvalue weighted by Gasteiger charge is -2.05. The third kappa shape index (κ3) is 3.67. The van der Waals surface area contributed by atoms with Crippen LogP contribution in [0.1, 0.15) is 18.1 Å². The summed E-state index contributed by atoms with van der Waals surface area (Å²) in [5.74, 6) is -0.0211. The van der Waals surface area contributed by atoms with Crippen molar-refractivity contribution in [1.82, 2.24) is 14.3 Å². The Morgan fingerprint density at radius 1 is 1.38 bits per heavy atom. The highest BCUT2D eigenvalue weighted by atomic mass is 32.2. The maximum Gasteiger partial charge on any atom is 0.259 e. The number of sulfonamides is 1. The molecule has 0 radical (unpaired) electrons. The fourth-order valence-electron chi connectivity index (χ4n) is 1.71. The van der Waals surface area contributed by atoms with E-state index in [4.69, 9.17) is 11.1 Å². The fraction of sp³-hybridized carbons (Fsp3) is 0.231. The first-order valence-electron chi connectivity index (χ1n) is 6.37. The van der Waals surface area contributed by atoms with Crippen molar-refractivity contribution in [2.24, 2.45) is 5.73 Å². The van der Waals surface area contributed by atoms with E-state index in [-0.39, 0.29) is 17.4 Å². The van der Waals surface area contributed by atoms with Crippen LogP contribution in [-0.4, -0.2) is 23.8 Å². The Morgan fingerprint density at radius 3 is 2.57 bits per heavy atom. The van der Waals surface area contributed by atoms with Crippen molar-refractivity contribution in [3.63, 3.8) is 0 Å². The molecule has 4 N–H and O–H groups in total. The van der Waals surface area contributed by atoms with Crippen molar-refractivity contribution < 1.29 is 8.42 Å². The van der Waals surface area contributed by atoms with Crippen molar-refractivity contribution in [3.8, 4) is 0 Å². The van der Waals surface area contributed by atoms with Gasteiger partial charge in [0.25, 0.3) is 10.0 Å². The summed E-state index contributed by atoms with van der Waals surface area (Å²) in [5, 5.41) is 7.30. The molecule has 21 heavy (non-hydrogen) atoms. The maximum atomic E-state index is 12.1. The SMILES string of the molecule is CCn1cnc(S(=O)(=O)NCc2ccc(C(=N)N)cc2)c1. The maximum absolute atomic E-state index is 12.1. The zero-order valence-corrected chi connectivity index (χ0v) is 12.4. The lowest BCUT2D eigenvalue weighted by molar-refractivity contribution is 0.578. The molecule has 0 spiro atoms. The van der Waals surface area contributed by atoms with Crippen LogP contribution >= 0.6 is 0 Å². The molecule has 0 fully saturated rings. The first-order valence-corrected chi connectivity index (χ1v) is 7.85. The number of amidine groups is 1. The van der Waals surface area contributed by atoms with Crippen LogP contribution in [0.25, 0.3) is 0 Å². The van der Waals surface area contributed by atoms with Crippen LogP contribution in [0.15, 0.2) is 41.8 Å². The molecular weight excluding hydrogens is 290 g/mol. The molecule has 0 atom stereocenters. The predicted molar refractivity (Wildman–Crippen MR) is 79.4 cm³/mol. The monoisotopic (exact) mass is 307 g/mol. The molecule has 0 saturated heterocycles. The van der Waals surface area contributed by atoms with Crippen LogP contribution in [0.5, 0.6) is 0 Å². The van der Waals surface area contributed by atoms with E-state index in [9.17, 15) is 8.42 Å². The number of hydrogen-bond donors (Lipinski definition) is 3. The predicted octanol–water partition coefficient (Wildman–Crippen LogP) is 0.666. The van der Waals surface area contributed by atoms with E-state index >= 15 is 0 Å². The summed E-state index contributed by atoms with van der Waals surface area (Å²) in [6, 6.07) is 6.81. The van der Waals surface area contributed by atoms with Gasteiger partial charge in [-0.2, -0.15) is 0 Å². The number of rotatable bonds is 6. The third-order valence-electron chi connectivity index (χ3n) is 2.98. The van der Waals surface area contributed by atoms with Crippen LogP contribution < -0.4 is 10.5 Å². The number of imidazole rings is 1. The normalized spacial score (nSPS) is 11.5. The molecule has 1 aromatic heterocycles. The number of nitrogens with two attached hydrogens (primary N) is 1. The Morgan fingerprint density at radius 2 is 2.05 bits per heavy atom. The Kier molecular flexibility index (Phi) is 4.39. The molecule has 7 nitrogen and oxygen atoms in total. The molecule has 0 aliphatic heterocycles. The Bertz CT molecular complexity index is 734. The lowest BCUT2D eigenvalue weighted by atomic mass is 10.1. The van der Waals surface area contributed by atoms with Crippen LogP contribution in [0, 0.1) is 5.41 Å². The second-order valence-corrected chi connectivity index (χ2v) is 6.19. The van der Waals surface area contributed by atoms with Gasteiger partial charge in [0.15, 0.2) is 5.03 Å². The lowest BCUT2D eigenvalue weighted by Crippen LogP contribution is -2.23. The molecule has 8 heteroatoms. The summed E-state index contributed by atoms with van der Waals surface area (Å²) in [5.41, 5.74) is 6.74. The van der Waals surface area contributed by atoms with E-state index in [0.29, 0.717) is 12.1 Å². The van der Waals surface area contributed by atoms with Crippen molar-refractivity contribution in [2.75, 3.05) is 0 Å². The molecule has 0 bridgehead atoms. The van der Waals surface area contributed by atoms with Gasteiger partial charge in [-0.05, 0) is 12.5 Å². The minimum atomic E-state index is -3.62. The Hall–Kier alpha value is -2.19. The summed E-state index contributed by atoms with van der Waals surface area (Å²) >= 11 is 0. The molecule has 2 aromatic rings. The van der Waals surface area contributed by atoms with E-state index in [0.717, 1.165) is 5.56 Å². The van der Waals surface area contributed by atoms with Crippen LogP contribution in [0.3, 0.4) is 0 Å². The van der Waals surface area contributed by atoms with E-state index < -0.39 is 10.0 Å². The fourth-order valence-corrected chi connectivity index (χ4v) is 2.67. The van der Waals surface area contributed by atoms with Crippen LogP contribution in [-0.2, 0) is 23.1 Å². The van der Waals surface area contributed by atoms with Crippen molar-refractivity contribution >= 4 is 15.9 Å². The molecule has 0 saturated carbocycles. The number of nitrogen functional groups attached to an aromatic ring is 1. The highest BCUT2D eigenvalue weighted by Crippen LogP contribution is 2.08. The van der Waals surface area contributed by atoms with Gasteiger partial charge in [-0.25, -0.2) is 18.1 Å². The molecule has 1 heterocycles. The van der Waals surface area contributed by atoms with E-state index in [1.807, 2.05) is 6.92 Å². The standard InChI is InChI=1S/C13H17N5O2S/c1-2-18-8-12(16-9-18)21(19,20)17-7-10-3-5-11(6-4-10)13(14)15/h3-6,8-9,17H,2,7H2,1H3,(H3,14,15). The number of nitrogens with zero attached hydrogens (tertiary/aromatic N) is 2. The molecule has 0 aliphatic carbocycles. The molecule has 1 aromatic carbocycles. The average molecular weight is 307 g/mol. The van der Waals surface area contributed by atoms with Gasteiger partial charge in [-0.1, -0.05) is 24.3 Å². The van der Waals surface area contributed by atoms with E-state index in [2.05, 4.69) is 9.71 Å². The van der Waals surface area contributed by atoms with Gasteiger partial charge in [0.1, 0.15) is 5.84 Å². The highest BCUT2D eigenvalue weighted by molar-refractivity contribution is 7.89. The van der Waals surface area contributed by atoms with Crippen LogP contribution in [0.2, 0.25) is 0 Å². The molecule has 2 rings (SSSR count). The van der Waals surface area contributed by atoms with Gasteiger partial charge in [0, 0.05) is 24.8 Å². The second-order valence-electron chi connectivity index (χ2n) is 4.48. The van der Waals surface area contributed by atoms with E-state index in [1.54, 1.807) is 28.8 Å². The van der Waals surface area contributed by atoms with Crippen LogP contribution in [0.4, 0.5) is 0 Å². The molecule has 0 aliphatic rings. The van der Waals surface area contributed by atoms with Gasteiger partial charge in [0.2, 0.25) is 0 Å². The Balaban J connectivity index is 2.06. The summed E-state index contributed by atoms with van der Waals surface area (Å²) in [7, 11) is -3.62. The first-order chi connectivity index (χ1) is 9.92. The molecular formula is C13H17N5O2S. The number of benzene rings is 1. The zero-order chi connectivity index (χ0) is 15.5. The van der Waals surface area contributed by atoms with Crippen molar-refractivity contribution in [1.29, 1.82) is 5.41 Å². The number of aromatic nitrogens is 2. The molecule has 112 valence electrons.